The summed E-state index contributed by atoms with van der Waals surface area (Å²) in [5.74, 6) is -0.757. The van der Waals surface area contributed by atoms with Crippen LogP contribution in [0.25, 0.3) is 23.1 Å². The molecule has 0 atom stereocenters. The second-order valence-electron chi connectivity index (χ2n) is 9.80. The predicted octanol–water partition coefficient (Wildman–Crippen LogP) is 6.99. The molecule has 1 aromatic heterocycles. The molecule has 41 heavy (non-hydrogen) atoms. The van der Waals surface area contributed by atoms with E-state index >= 15 is 0 Å². The van der Waals surface area contributed by atoms with E-state index in [1.807, 2.05) is 60.7 Å². The molecule has 0 bridgehead atoms. The van der Waals surface area contributed by atoms with Crippen molar-refractivity contribution in [2.45, 2.75) is 45.6 Å². The Morgan fingerprint density at radius 1 is 0.854 bits per heavy atom. The molecule has 4 rings (SSSR count). The Bertz CT molecular complexity index is 1510. The highest BCUT2D eigenvalue weighted by atomic mass is 19.1. The molecule has 8 heteroatoms. The van der Waals surface area contributed by atoms with Crippen molar-refractivity contribution < 1.29 is 33.7 Å². The molecule has 0 saturated heterocycles. The SMILES string of the molecule is Cc1c(CCCC(=O)O)c2cc(F)cc(/C=C/c3ccc(OCCCCOc4ccccc4)cc3)c2n1CC(=O)O. The van der Waals surface area contributed by atoms with E-state index in [9.17, 15) is 19.1 Å². The van der Waals surface area contributed by atoms with Crippen molar-refractivity contribution in [2.24, 2.45) is 0 Å². The lowest BCUT2D eigenvalue weighted by molar-refractivity contribution is -0.138. The van der Waals surface area contributed by atoms with E-state index in [1.165, 1.54) is 12.1 Å². The van der Waals surface area contributed by atoms with Gasteiger partial charge in [0, 0.05) is 23.1 Å². The van der Waals surface area contributed by atoms with E-state index < -0.39 is 17.8 Å². The third-order valence-corrected chi connectivity index (χ3v) is 6.81. The monoisotopic (exact) mass is 559 g/mol. The lowest BCUT2D eigenvalue weighted by Crippen LogP contribution is -2.10. The number of fused-ring (bicyclic) bond motifs is 1. The summed E-state index contributed by atoms with van der Waals surface area (Å²) in [4.78, 5) is 22.7. The van der Waals surface area contributed by atoms with Crippen LogP contribution in [0.2, 0.25) is 0 Å². The van der Waals surface area contributed by atoms with Crippen LogP contribution in [0.5, 0.6) is 11.5 Å². The fourth-order valence-electron chi connectivity index (χ4n) is 4.83. The molecule has 2 N–H and O–H groups in total. The molecule has 3 aromatic carbocycles. The molecule has 0 aliphatic rings. The van der Waals surface area contributed by atoms with Crippen LogP contribution in [0.3, 0.4) is 0 Å². The first-order valence-electron chi connectivity index (χ1n) is 13.7. The van der Waals surface area contributed by atoms with Crippen LogP contribution in [0.15, 0.2) is 66.7 Å². The summed E-state index contributed by atoms with van der Waals surface area (Å²) in [7, 11) is 0. The van der Waals surface area contributed by atoms with Crippen LogP contribution in [-0.4, -0.2) is 39.9 Å². The van der Waals surface area contributed by atoms with Crippen molar-refractivity contribution in [1.82, 2.24) is 4.57 Å². The maximum Gasteiger partial charge on any atom is 0.323 e. The highest BCUT2D eigenvalue weighted by molar-refractivity contribution is 5.95. The molecule has 0 aliphatic carbocycles. The van der Waals surface area contributed by atoms with Crippen molar-refractivity contribution in [3.63, 3.8) is 0 Å². The summed E-state index contributed by atoms with van der Waals surface area (Å²) < 4.78 is 27.9. The van der Waals surface area contributed by atoms with E-state index in [0.29, 0.717) is 48.2 Å². The summed E-state index contributed by atoms with van der Waals surface area (Å²) in [5, 5.41) is 19.2. The molecule has 4 aromatic rings. The van der Waals surface area contributed by atoms with Crippen LogP contribution in [0, 0.1) is 12.7 Å². The number of para-hydroxylation sites is 1. The predicted molar refractivity (Wildman–Crippen MR) is 157 cm³/mol. The molecular weight excluding hydrogens is 525 g/mol. The summed E-state index contributed by atoms with van der Waals surface area (Å²) in [5.41, 5.74) is 3.50. The molecule has 7 nitrogen and oxygen atoms in total. The van der Waals surface area contributed by atoms with Gasteiger partial charge < -0.3 is 24.3 Å². The fraction of sp³-hybridized carbons (Fsp3) is 0.273. The zero-order chi connectivity index (χ0) is 29.2. The van der Waals surface area contributed by atoms with Crippen LogP contribution < -0.4 is 9.47 Å². The maximum absolute atomic E-state index is 14.7. The number of ether oxygens (including phenoxy) is 2. The topological polar surface area (TPSA) is 98.0 Å². The normalized spacial score (nSPS) is 11.3. The van der Waals surface area contributed by atoms with Crippen molar-refractivity contribution in [2.75, 3.05) is 13.2 Å². The summed E-state index contributed by atoms with van der Waals surface area (Å²) in [6.45, 7) is 2.71. The van der Waals surface area contributed by atoms with Gasteiger partial charge in [-0.2, -0.15) is 0 Å². The minimum atomic E-state index is -1.01. The number of carboxylic acids is 2. The second-order valence-corrected chi connectivity index (χ2v) is 9.80. The first-order valence-corrected chi connectivity index (χ1v) is 13.7. The number of benzene rings is 3. The Morgan fingerprint density at radius 3 is 2.15 bits per heavy atom. The number of carbonyl (C=O) groups is 2. The highest BCUT2D eigenvalue weighted by Gasteiger charge is 2.19. The van der Waals surface area contributed by atoms with Crippen molar-refractivity contribution >= 4 is 35.0 Å². The van der Waals surface area contributed by atoms with Gasteiger partial charge in [-0.25, -0.2) is 4.39 Å². The minimum Gasteiger partial charge on any atom is -0.494 e. The number of aliphatic carboxylic acids is 2. The van der Waals surface area contributed by atoms with Gasteiger partial charge in [-0.05, 0) is 80.1 Å². The van der Waals surface area contributed by atoms with Gasteiger partial charge in [0.25, 0.3) is 0 Å². The molecule has 0 fully saturated rings. The Morgan fingerprint density at radius 2 is 1.51 bits per heavy atom. The molecule has 0 amide bonds. The molecule has 0 saturated carbocycles. The van der Waals surface area contributed by atoms with Gasteiger partial charge in [0.1, 0.15) is 23.9 Å². The molecule has 0 unspecified atom stereocenters. The Kier molecular flexibility index (Phi) is 10.2. The average molecular weight is 560 g/mol. The van der Waals surface area contributed by atoms with E-state index in [0.717, 1.165) is 35.5 Å². The standard InChI is InChI=1S/C33H34FNO6/c1-23-29(10-7-11-31(36)37)30-21-26(34)20-25(33(30)35(23)22-32(38)39)15-12-24-13-16-28(17-14-24)41-19-6-5-18-40-27-8-3-2-4-9-27/h2-4,8-9,12-17,20-21H,5-7,10-11,18-19,22H2,1H3,(H,36,37)(H,38,39)/b15-12+. The molecule has 1 heterocycles. The van der Waals surface area contributed by atoms with Gasteiger partial charge in [0.15, 0.2) is 0 Å². The van der Waals surface area contributed by atoms with Crippen molar-refractivity contribution in [3.8, 4) is 11.5 Å². The zero-order valence-electron chi connectivity index (χ0n) is 23.0. The van der Waals surface area contributed by atoms with Gasteiger partial charge in [-0.1, -0.05) is 42.5 Å². The van der Waals surface area contributed by atoms with Crippen LogP contribution in [0.1, 0.15) is 48.1 Å². The van der Waals surface area contributed by atoms with Gasteiger partial charge in [-0.3, -0.25) is 9.59 Å². The number of nitrogens with zero attached hydrogens (tertiary/aromatic N) is 1. The van der Waals surface area contributed by atoms with E-state index in [2.05, 4.69) is 0 Å². The quantitative estimate of drug-likeness (QED) is 0.120. The van der Waals surface area contributed by atoms with Gasteiger partial charge in [-0.15, -0.1) is 0 Å². The smallest absolute Gasteiger partial charge is 0.323 e. The number of halogens is 1. The average Bonchev–Trinajstić information content (AvgIpc) is 3.20. The zero-order valence-corrected chi connectivity index (χ0v) is 23.0. The van der Waals surface area contributed by atoms with Gasteiger partial charge >= 0.3 is 11.9 Å². The Hall–Kier alpha value is -4.59. The number of hydrogen-bond acceptors (Lipinski definition) is 4. The summed E-state index contributed by atoms with van der Waals surface area (Å²) >= 11 is 0. The largest absolute Gasteiger partial charge is 0.494 e. The van der Waals surface area contributed by atoms with Gasteiger partial charge in [0.05, 0.1) is 18.7 Å². The second kappa shape index (κ2) is 14.2. The summed E-state index contributed by atoms with van der Waals surface area (Å²) in [6, 6.07) is 20.0. The van der Waals surface area contributed by atoms with E-state index in [1.54, 1.807) is 17.6 Å². The van der Waals surface area contributed by atoms with Crippen molar-refractivity contribution in [3.05, 3.63) is 94.9 Å². The number of carboxylic acid groups (broad SMARTS) is 2. The lowest BCUT2D eigenvalue weighted by atomic mass is 10.0. The molecule has 0 spiro atoms. The number of aromatic nitrogens is 1. The lowest BCUT2D eigenvalue weighted by Gasteiger charge is -2.08. The number of unbranched alkanes of at least 4 members (excludes halogenated alkanes) is 1. The Balaban J connectivity index is 1.43. The number of rotatable bonds is 15. The first kappa shape index (κ1) is 29.4. The number of hydrogen-bond donors (Lipinski definition) is 2. The third-order valence-electron chi connectivity index (χ3n) is 6.81. The Labute approximate surface area is 238 Å². The third kappa shape index (κ3) is 8.20. The van der Waals surface area contributed by atoms with Crippen molar-refractivity contribution in [1.29, 1.82) is 0 Å². The van der Waals surface area contributed by atoms with E-state index in [4.69, 9.17) is 14.6 Å². The van der Waals surface area contributed by atoms with Crippen LogP contribution in [0.4, 0.5) is 4.39 Å². The highest BCUT2D eigenvalue weighted by Crippen LogP contribution is 2.32. The van der Waals surface area contributed by atoms with Gasteiger partial charge in [0.2, 0.25) is 0 Å². The molecule has 214 valence electrons. The molecule has 0 aliphatic heterocycles. The van der Waals surface area contributed by atoms with Crippen LogP contribution >= 0.6 is 0 Å². The summed E-state index contributed by atoms with van der Waals surface area (Å²) in [6.07, 6.45) is 6.12. The minimum absolute atomic E-state index is 0.0183. The maximum atomic E-state index is 14.7. The number of aryl methyl sites for hydroxylation is 1. The molecule has 0 radical (unpaired) electrons. The van der Waals surface area contributed by atoms with Crippen LogP contribution in [-0.2, 0) is 22.6 Å². The van der Waals surface area contributed by atoms with E-state index in [-0.39, 0.29) is 13.0 Å². The molecular formula is C33H34FNO6. The fourth-order valence-corrected chi connectivity index (χ4v) is 4.83. The first-order chi connectivity index (χ1) is 19.8.